The summed E-state index contributed by atoms with van der Waals surface area (Å²) >= 11 is 0. The quantitative estimate of drug-likeness (QED) is 0.163. The Morgan fingerprint density at radius 2 is 0.393 bits per heavy atom. The van der Waals surface area contributed by atoms with Crippen molar-refractivity contribution in [3.05, 3.63) is 194 Å². The van der Waals surface area contributed by atoms with Gasteiger partial charge in [0.2, 0.25) is 0 Å². The van der Waals surface area contributed by atoms with E-state index in [4.69, 9.17) is 29.9 Å². The number of nitrogens with zero attached hydrogens (tertiary/aromatic N) is 6. The molecule has 8 aromatic carbocycles. The van der Waals surface area contributed by atoms with Crippen molar-refractivity contribution in [2.75, 3.05) is 0 Å². The molecule has 2 aromatic heterocycles. The van der Waals surface area contributed by atoms with Crippen LogP contribution >= 0.6 is 0 Å². The zero-order valence-electron chi connectivity index (χ0n) is 30.2. The third-order valence-electron chi connectivity index (χ3n) is 10.0. The van der Waals surface area contributed by atoms with Crippen molar-refractivity contribution in [1.29, 1.82) is 0 Å². The van der Waals surface area contributed by atoms with Gasteiger partial charge in [0.1, 0.15) is 0 Å². The van der Waals surface area contributed by atoms with Crippen molar-refractivity contribution in [2.24, 2.45) is 0 Å². The molecule has 0 aliphatic heterocycles. The number of aromatic nitrogens is 6. The average Bonchev–Trinajstić information content (AvgIpc) is 3.29. The van der Waals surface area contributed by atoms with Gasteiger partial charge in [0.25, 0.3) is 0 Å². The smallest absolute Gasteiger partial charge is 0.164 e. The third-order valence-corrected chi connectivity index (χ3v) is 10.0. The van der Waals surface area contributed by atoms with Crippen molar-refractivity contribution in [1.82, 2.24) is 29.9 Å². The molecule has 0 saturated carbocycles. The lowest BCUT2D eigenvalue weighted by atomic mass is 9.90. The first-order valence-corrected chi connectivity index (χ1v) is 18.6. The fourth-order valence-corrected chi connectivity index (χ4v) is 7.32. The van der Waals surface area contributed by atoms with Crippen LogP contribution in [0.15, 0.2) is 194 Å². The van der Waals surface area contributed by atoms with Crippen LogP contribution in [0.2, 0.25) is 0 Å². The molecule has 0 bridgehead atoms. The molecule has 2 heterocycles. The fourth-order valence-electron chi connectivity index (χ4n) is 7.32. The fraction of sp³-hybridized carbons (Fsp3) is 0. The van der Waals surface area contributed by atoms with Crippen LogP contribution in [0.1, 0.15) is 0 Å². The Hall–Kier alpha value is -7.70. The molecule has 6 nitrogen and oxygen atoms in total. The Morgan fingerprint density at radius 1 is 0.179 bits per heavy atom. The highest BCUT2D eigenvalue weighted by Crippen LogP contribution is 2.41. The van der Waals surface area contributed by atoms with Gasteiger partial charge >= 0.3 is 0 Å². The van der Waals surface area contributed by atoms with Crippen LogP contribution in [-0.4, -0.2) is 29.9 Å². The molecule has 0 amide bonds. The summed E-state index contributed by atoms with van der Waals surface area (Å²) in [6, 6.07) is 66.0. The van der Waals surface area contributed by atoms with Crippen LogP contribution < -0.4 is 0 Å². The van der Waals surface area contributed by atoms with Gasteiger partial charge in [0, 0.05) is 33.4 Å². The Bertz CT molecular complexity index is 2680. The molecule has 0 unspecified atom stereocenters. The molecule has 6 heteroatoms. The normalized spacial score (nSPS) is 11.2. The van der Waals surface area contributed by atoms with Gasteiger partial charge in [-0.25, -0.2) is 29.9 Å². The molecule has 0 aliphatic carbocycles. The van der Waals surface area contributed by atoms with Crippen molar-refractivity contribution in [3.8, 4) is 79.5 Å². The minimum absolute atomic E-state index is 0.624. The van der Waals surface area contributed by atoms with Crippen LogP contribution in [0, 0.1) is 0 Å². The first-order valence-electron chi connectivity index (χ1n) is 18.6. The molecule has 10 aromatic rings. The molecule has 0 saturated heterocycles. The van der Waals surface area contributed by atoms with Gasteiger partial charge in [0.15, 0.2) is 34.9 Å². The van der Waals surface area contributed by atoms with Gasteiger partial charge in [-0.15, -0.1) is 0 Å². The summed E-state index contributed by atoms with van der Waals surface area (Å²) in [5.41, 5.74) is 7.84. The predicted molar refractivity (Wildman–Crippen MR) is 226 cm³/mol. The summed E-state index contributed by atoms with van der Waals surface area (Å²) in [6.45, 7) is 0. The number of fused-ring (bicyclic) bond motifs is 2. The zero-order chi connectivity index (χ0) is 37.3. The average molecular weight is 717 g/mol. The van der Waals surface area contributed by atoms with E-state index >= 15 is 0 Å². The van der Waals surface area contributed by atoms with Gasteiger partial charge in [-0.1, -0.05) is 182 Å². The van der Waals surface area contributed by atoms with Crippen LogP contribution in [0.3, 0.4) is 0 Å². The first kappa shape index (κ1) is 32.9. The molecule has 0 radical (unpaired) electrons. The maximum atomic E-state index is 5.06. The maximum absolute atomic E-state index is 5.06. The second-order valence-corrected chi connectivity index (χ2v) is 13.5. The van der Waals surface area contributed by atoms with Crippen LogP contribution in [0.4, 0.5) is 0 Å². The largest absolute Gasteiger partial charge is 0.208 e. The van der Waals surface area contributed by atoms with Gasteiger partial charge in [-0.05, 0) is 44.8 Å². The minimum atomic E-state index is 0.624. The molecule has 0 spiro atoms. The van der Waals surface area contributed by atoms with Crippen LogP contribution in [0.25, 0.3) is 101 Å². The SMILES string of the molecule is c1ccc(-c2nc(-c3ccccc3)nc(-c3ccc(-c4ccc(-c5nc(-c6ccccc6)nc(-c6ccccc6)n5)c5ccccc45)c4ccccc34)n2)cc1. The lowest BCUT2D eigenvalue weighted by molar-refractivity contribution is 1.08. The second-order valence-electron chi connectivity index (χ2n) is 13.5. The highest BCUT2D eigenvalue weighted by Gasteiger charge is 2.19. The number of rotatable bonds is 7. The molecular formula is C50H32N6. The summed E-state index contributed by atoms with van der Waals surface area (Å²) in [6.07, 6.45) is 0. The Balaban J connectivity index is 1.14. The van der Waals surface area contributed by atoms with E-state index < -0.39 is 0 Å². The van der Waals surface area contributed by atoms with E-state index in [1.165, 1.54) is 0 Å². The number of hydrogen-bond donors (Lipinski definition) is 0. The van der Waals surface area contributed by atoms with Crippen molar-refractivity contribution in [2.45, 2.75) is 0 Å². The van der Waals surface area contributed by atoms with Gasteiger partial charge in [-0.3, -0.25) is 0 Å². The number of benzene rings is 8. The Labute approximate surface area is 324 Å². The molecule has 0 N–H and O–H groups in total. The standard InChI is InChI=1S/C50H32N6/c1-5-17-33(18-6-1)45-51-46(34-19-7-2-8-20-34)54-49(53-45)43-31-29-41(37-25-13-15-27-39(37)43)42-30-32-44(40-28-16-14-26-38(40)42)50-55-47(35-21-9-3-10-22-35)52-48(56-50)36-23-11-4-12-24-36/h1-32H. The maximum Gasteiger partial charge on any atom is 0.164 e. The van der Waals surface area contributed by atoms with Crippen molar-refractivity contribution < 1.29 is 0 Å². The highest BCUT2D eigenvalue weighted by molar-refractivity contribution is 6.11. The van der Waals surface area contributed by atoms with Crippen molar-refractivity contribution in [3.63, 3.8) is 0 Å². The van der Waals surface area contributed by atoms with Crippen LogP contribution in [-0.2, 0) is 0 Å². The predicted octanol–water partition coefficient (Wildman–Crippen LogP) is 12.0. The lowest BCUT2D eigenvalue weighted by Crippen LogP contribution is -2.01. The van der Waals surface area contributed by atoms with Crippen LogP contribution in [0.5, 0.6) is 0 Å². The number of hydrogen-bond acceptors (Lipinski definition) is 6. The molecule has 56 heavy (non-hydrogen) atoms. The van der Waals surface area contributed by atoms with E-state index in [0.29, 0.717) is 34.9 Å². The lowest BCUT2D eigenvalue weighted by Gasteiger charge is -2.16. The van der Waals surface area contributed by atoms with E-state index in [9.17, 15) is 0 Å². The van der Waals surface area contributed by atoms with Crippen molar-refractivity contribution >= 4 is 21.5 Å². The van der Waals surface area contributed by atoms with E-state index in [0.717, 1.165) is 66.1 Å². The first-order chi connectivity index (χ1) is 27.8. The van der Waals surface area contributed by atoms with E-state index in [2.05, 4.69) is 72.8 Å². The van der Waals surface area contributed by atoms with E-state index in [-0.39, 0.29) is 0 Å². The van der Waals surface area contributed by atoms with Gasteiger partial charge in [0.05, 0.1) is 0 Å². The molecule has 10 rings (SSSR count). The second kappa shape index (κ2) is 14.3. The zero-order valence-corrected chi connectivity index (χ0v) is 30.2. The Morgan fingerprint density at radius 3 is 0.679 bits per heavy atom. The molecular weight excluding hydrogens is 685 g/mol. The molecule has 0 atom stereocenters. The minimum Gasteiger partial charge on any atom is -0.208 e. The topological polar surface area (TPSA) is 77.3 Å². The highest BCUT2D eigenvalue weighted by atomic mass is 15.0. The molecule has 262 valence electrons. The Kier molecular flexibility index (Phi) is 8.39. The summed E-state index contributed by atoms with van der Waals surface area (Å²) in [5, 5.41) is 4.31. The summed E-state index contributed by atoms with van der Waals surface area (Å²) in [4.78, 5) is 30.1. The summed E-state index contributed by atoms with van der Waals surface area (Å²) < 4.78 is 0. The third kappa shape index (κ3) is 6.15. The summed E-state index contributed by atoms with van der Waals surface area (Å²) in [5.74, 6) is 3.78. The van der Waals surface area contributed by atoms with E-state index in [1.54, 1.807) is 0 Å². The molecule has 0 aliphatic rings. The molecule has 0 fully saturated rings. The van der Waals surface area contributed by atoms with Gasteiger partial charge in [-0.2, -0.15) is 0 Å². The summed E-state index contributed by atoms with van der Waals surface area (Å²) in [7, 11) is 0. The van der Waals surface area contributed by atoms with E-state index in [1.807, 2.05) is 121 Å². The van der Waals surface area contributed by atoms with Gasteiger partial charge < -0.3 is 0 Å². The monoisotopic (exact) mass is 716 g/mol.